The Kier molecular flexibility index (Phi) is 5.75. The first-order valence-electron chi connectivity index (χ1n) is 12.3. The molecule has 2 bridgehead atoms. The second-order valence-corrected chi connectivity index (χ2v) is 10.7. The van der Waals surface area contributed by atoms with Gasteiger partial charge in [-0.25, -0.2) is 4.79 Å². The lowest BCUT2D eigenvalue weighted by Gasteiger charge is -2.44. The van der Waals surface area contributed by atoms with Gasteiger partial charge in [-0.05, 0) is 77.9 Å². The highest BCUT2D eigenvalue weighted by molar-refractivity contribution is 5.70. The van der Waals surface area contributed by atoms with Gasteiger partial charge in [0, 0.05) is 6.54 Å². The number of carbonyl (C=O) groups is 1. The fourth-order valence-electron chi connectivity index (χ4n) is 5.99. The standard InChI is InChI=1S/C28H36N2O2/c1-4-5-19-6-8-20(9-7-19)22-10-11-24-23(16-22)17-28(2,3)26(24)29-27(31)32-25-18-30-14-12-21(25)13-15-30/h6-11,16,21,25-26H,4-5,12-15,17-18H2,1-3H3,(H,29,31)/t25-,26+/m1/s1. The fraction of sp³-hybridized carbons (Fsp3) is 0.536. The number of aryl methyl sites for hydroxylation is 1. The van der Waals surface area contributed by atoms with Crippen molar-refractivity contribution in [3.63, 3.8) is 0 Å². The number of rotatable bonds is 5. The van der Waals surface area contributed by atoms with Gasteiger partial charge in [0.2, 0.25) is 0 Å². The maximum Gasteiger partial charge on any atom is 0.407 e. The lowest BCUT2D eigenvalue weighted by molar-refractivity contribution is -0.0348. The van der Waals surface area contributed by atoms with Gasteiger partial charge in [-0.1, -0.05) is 69.7 Å². The van der Waals surface area contributed by atoms with E-state index in [4.69, 9.17) is 4.74 Å². The molecule has 4 heteroatoms. The number of fused-ring (bicyclic) bond motifs is 4. The number of ether oxygens (including phenoxy) is 1. The fourth-order valence-corrected chi connectivity index (χ4v) is 5.99. The molecule has 3 fully saturated rings. The number of hydrogen-bond acceptors (Lipinski definition) is 3. The van der Waals surface area contributed by atoms with Crippen LogP contribution in [0.25, 0.3) is 11.1 Å². The average Bonchev–Trinajstić information content (AvgIpc) is 3.04. The van der Waals surface area contributed by atoms with E-state index in [9.17, 15) is 4.79 Å². The van der Waals surface area contributed by atoms with E-state index >= 15 is 0 Å². The Balaban J connectivity index is 1.30. The molecule has 4 nitrogen and oxygen atoms in total. The Hall–Kier alpha value is -2.33. The summed E-state index contributed by atoms with van der Waals surface area (Å²) >= 11 is 0. The van der Waals surface area contributed by atoms with Crippen LogP contribution in [0.4, 0.5) is 4.79 Å². The van der Waals surface area contributed by atoms with Crippen molar-refractivity contribution in [1.82, 2.24) is 10.2 Å². The van der Waals surface area contributed by atoms with Crippen LogP contribution in [0.5, 0.6) is 0 Å². The molecule has 0 unspecified atom stereocenters. The minimum absolute atomic E-state index is 0.0212. The van der Waals surface area contributed by atoms with Crippen molar-refractivity contribution in [2.45, 2.75) is 65.0 Å². The highest BCUT2D eigenvalue weighted by atomic mass is 16.6. The predicted molar refractivity (Wildman–Crippen MR) is 129 cm³/mol. The Morgan fingerprint density at radius 3 is 2.47 bits per heavy atom. The summed E-state index contributed by atoms with van der Waals surface area (Å²) in [5.74, 6) is 0.529. The lowest BCUT2D eigenvalue weighted by Crippen LogP contribution is -2.53. The zero-order valence-electron chi connectivity index (χ0n) is 19.7. The quantitative estimate of drug-likeness (QED) is 0.654. The molecule has 1 aliphatic carbocycles. The van der Waals surface area contributed by atoms with E-state index in [1.165, 1.54) is 34.2 Å². The van der Waals surface area contributed by atoms with Gasteiger partial charge in [-0.3, -0.25) is 4.90 Å². The van der Waals surface area contributed by atoms with Crippen LogP contribution in [0.1, 0.15) is 62.8 Å². The monoisotopic (exact) mass is 432 g/mol. The van der Waals surface area contributed by atoms with E-state index in [-0.39, 0.29) is 23.7 Å². The summed E-state index contributed by atoms with van der Waals surface area (Å²) in [6, 6.07) is 15.6. The van der Waals surface area contributed by atoms with Gasteiger partial charge in [0.1, 0.15) is 6.10 Å². The predicted octanol–water partition coefficient (Wildman–Crippen LogP) is 5.75. The third kappa shape index (κ3) is 4.17. The topological polar surface area (TPSA) is 41.6 Å². The number of benzene rings is 2. The van der Waals surface area contributed by atoms with Gasteiger partial charge >= 0.3 is 6.09 Å². The Morgan fingerprint density at radius 1 is 1.09 bits per heavy atom. The molecule has 0 saturated carbocycles. The van der Waals surface area contributed by atoms with Gasteiger partial charge in [0.15, 0.2) is 0 Å². The first-order chi connectivity index (χ1) is 15.4. The first-order valence-corrected chi connectivity index (χ1v) is 12.3. The van der Waals surface area contributed by atoms with Crippen LogP contribution in [-0.4, -0.2) is 36.7 Å². The number of carbonyl (C=O) groups excluding carboxylic acids is 1. The van der Waals surface area contributed by atoms with Gasteiger partial charge in [0.25, 0.3) is 0 Å². The van der Waals surface area contributed by atoms with Crippen molar-refractivity contribution in [3.8, 4) is 11.1 Å². The largest absolute Gasteiger partial charge is 0.445 e. The van der Waals surface area contributed by atoms with Crippen molar-refractivity contribution >= 4 is 6.09 Å². The molecule has 3 saturated heterocycles. The van der Waals surface area contributed by atoms with Crippen LogP contribution in [0.15, 0.2) is 42.5 Å². The van der Waals surface area contributed by atoms with E-state index in [0.29, 0.717) is 5.92 Å². The molecule has 1 amide bonds. The van der Waals surface area contributed by atoms with Crippen molar-refractivity contribution < 1.29 is 9.53 Å². The number of piperidine rings is 3. The maximum atomic E-state index is 12.9. The number of nitrogens with zero attached hydrogens (tertiary/aromatic N) is 1. The van der Waals surface area contributed by atoms with E-state index in [0.717, 1.165) is 45.3 Å². The number of hydrogen-bond donors (Lipinski definition) is 1. The molecule has 6 rings (SSSR count). The summed E-state index contributed by atoms with van der Waals surface area (Å²) in [6.07, 6.45) is 5.33. The van der Waals surface area contributed by atoms with Crippen molar-refractivity contribution in [2.75, 3.05) is 19.6 Å². The molecule has 0 aromatic heterocycles. The minimum Gasteiger partial charge on any atom is -0.445 e. The third-order valence-electron chi connectivity index (χ3n) is 7.82. The zero-order chi connectivity index (χ0) is 22.3. The molecule has 3 heterocycles. The van der Waals surface area contributed by atoms with Gasteiger partial charge < -0.3 is 10.1 Å². The SMILES string of the molecule is CCCc1ccc(-c2ccc3c(c2)CC(C)(C)[C@H]3NC(=O)O[C@@H]2CN3CCC2CC3)cc1. The summed E-state index contributed by atoms with van der Waals surface area (Å²) in [5, 5.41) is 3.23. The second-order valence-electron chi connectivity index (χ2n) is 10.7. The van der Waals surface area contributed by atoms with Crippen molar-refractivity contribution in [3.05, 3.63) is 59.2 Å². The van der Waals surface area contributed by atoms with E-state index < -0.39 is 0 Å². The normalized spacial score (nSPS) is 27.7. The summed E-state index contributed by atoms with van der Waals surface area (Å²) in [5.41, 5.74) is 6.41. The van der Waals surface area contributed by atoms with E-state index in [1.54, 1.807) is 0 Å². The maximum absolute atomic E-state index is 12.9. The Morgan fingerprint density at radius 2 is 1.81 bits per heavy atom. The van der Waals surface area contributed by atoms with Crippen LogP contribution >= 0.6 is 0 Å². The van der Waals surface area contributed by atoms with Crippen LogP contribution in [0.2, 0.25) is 0 Å². The van der Waals surface area contributed by atoms with E-state index in [1.807, 2.05) is 0 Å². The van der Waals surface area contributed by atoms with Crippen LogP contribution in [0.3, 0.4) is 0 Å². The molecule has 0 spiro atoms. The summed E-state index contributed by atoms with van der Waals surface area (Å²) < 4.78 is 5.93. The first kappa shape index (κ1) is 21.5. The van der Waals surface area contributed by atoms with Gasteiger partial charge in [0.05, 0.1) is 6.04 Å². The molecule has 2 aromatic carbocycles. The smallest absolute Gasteiger partial charge is 0.407 e. The van der Waals surface area contributed by atoms with Gasteiger partial charge in [-0.2, -0.15) is 0 Å². The highest BCUT2D eigenvalue weighted by Crippen LogP contribution is 2.46. The minimum atomic E-state index is -0.259. The molecule has 170 valence electrons. The highest BCUT2D eigenvalue weighted by Gasteiger charge is 2.42. The molecular formula is C28H36N2O2. The second kappa shape index (κ2) is 8.55. The summed E-state index contributed by atoms with van der Waals surface area (Å²) in [4.78, 5) is 15.3. The lowest BCUT2D eigenvalue weighted by atomic mass is 9.85. The van der Waals surface area contributed by atoms with Crippen LogP contribution < -0.4 is 5.32 Å². The summed E-state index contributed by atoms with van der Waals surface area (Å²) in [6.45, 7) is 9.89. The third-order valence-corrected chi connectivity index (χ3v) is 7.82. The summed E-state index contributed by atoms with van der Waals surface area (Å²) in [7, 11) is 0. The molecule has 3 aliphatic heterocycles. The number of amides is 1. The number of nitrogens with one attached hydrogen (secondary N) is 1. The molecule has 32 heavy (non-hydrogen) atoms. The van der Waals surface area contributed by atoms with Crippen LogP contribution in [-0.2, 0) is 17.6 Å². The van der Waals surface area contributed by atoms with E-state index in [2.05, 4.69) is 73.5 Å². The van der Waals surface area contributed by atoms with Crippen molar-refractivity contribution in [2.24, 2.45) is 11.3 Å². The molecule has 0 radical (unpaired) electrons. The molecule has 1 N–H and O–H groups in total. The Labute approximate surface area is 192 Å². The number of alkyl carbamates (subject to hydrolysis) is 1. The van der Waals surface area contributed by atoms with Gasteiger partial charge in [-0.15, -0.1) is 0 Å². The molecular weight excluding hydrogens is 396 g/mol. The van der Waals surface area contributed by atoms with Crippen molar-refractivity contribution in [1.29, 1.82) is 0 Å². The molecule has 2 atom stereocenters. The molecule has 2 aromatic rings. The zero-order valence-corrected chi connectivity index (χ0v) is 19.7. The average molecular weight is 433 g/mol. The Bertz CT molecular complexity index is 973. The molecule has 4 aliphatic rings. The van der Waals surface area contributed by atoms with Crippen LogP contribution in [0, 0.1) is 11.3 Å².